The van der Waals surface area contributed by atoms with Gasteiger partial charge in [-0.25, -0.2) is 0 Å². The second kappa shape index (κ2) is 11.0. The molecule has 1 aromatic heterocycles. The maximum Gasteiger partial charge on any atom is 0.231 e. The van der Waals surface area contributed by atoms with Gasteiger partial charge in [0, 0.05) is 47.9 Å². The van der Waals surface area contributed by atoms with Crippen molar-refractivity contribution in [3.8, 4) is 5.75 Å². The first kappa shape index (κ1) is 24.1. The molecule has 1 saturated carbocycles. The molecule has 0 unspecified atom stereocenters. The molecule has 6 rings (SSSR count). The van der Waals surface area contributed by atoms with Gasteiger partial charge < -0.3 is 30.3 Å². The van der Waals surface area contributed by atoms with Crippen molar-refractivity contribution in [2.75, 3.05) is 60.8 Å². The number of para-hydroxylation sites is 1. The Morgan fingerprint density at radius 3 is 2.73 bits per heavy atom. The van der Waals surface area contributed by atoms with Gasteiger partial charge in [-0.3, -0.25) is 4.72 Å². The molecule has 0 bridgehead atoms. The lowest BCUT2D eigenvalue weighted by molar-refractivity contribution is 0.122. The molecule has 3 aromatic rings. The highest BCUT2D eigenvalue weighted by Crippen LogP contribution is 2.36. The van der Waals surface area contributed by atoms with Crippen molar-refractivity contribution in [2.24, 2.45) is 0 Å². The summed E-state index contributed by atoms with van der Waals surface area (Å²) in [6.07, 6.45) is 4.69. The molecule has 9 nitrogen and oxygen atoms in total. The summed E-state index contributed by atoms with van der Waals surface area (Å²) >= 11 is 1.69. The second-order valence-electron chi connectivity index (χ2n) is 9.48. The number of fused-ring (bicyclic) bond motifs is 1. The van der Waals surface area contributed by atoms with Crippen LogP contribution in [0.4, 0.5) is 34.6 Å². The number of morpholine rings is 1. The molecular weight excluding hydrogens is 486 g/mol. The Labute approximate surface area is 221 Å². The van der Waals surface area contributed by atoms with Gasteiger partial charge in [0.2, 0.25) is 5.95 Å². The monoisotopic (exact) mass is 519 g/mol. The number of methoxy groups -OCH3 is 1. The third kappa shape index (κ3) is 5.41. The number of hydrogen-bond donors (Lipinski definition) is 4. The van der Waals surface area contributed by atoms with Crippen LogP contribution in [0.3, 0.4) is 0 Å². The van der Waals surface area contributed by atoms with E-state index in [-0.39, 0.29) is 0 Å². The van der Waals surface area contributed by atoms with E-state index in [9.17, 15) is 0 Å². The third-order valence-electron chi connectivity index (χ3n) is 7.06. The molecule has 2 aromatic carbocycles. The van der Waals surface area contributed by atoms with E-state index < -0.39 is 0 Å². The highest BCUT2D eigenvalue weighted by molar-refractivity contribution is 7.97. The van der Waals surface area contributed by atoms with E-state index >= 15 is 0 Å². The Kier molecular flexibility index (Phi) is 7.20. The topological polar surface area (TPSA) is 95.6 Å². The van der Waals surface area contributed by atoms with Gasteiger partial charge in [0.1, 0.15) is 17.4 Å². The van der Waals surface area contributed by atoms with Gasteiger partial charge in [0.15, 0.2) is 0 Å². The molecule has 10 heteroatoms. The molecule has 2 aliphatic heterocycles. The average molecular weight is 520 g/mol. The van der Waals surface area contributed by atoms with Crippen LogP contribution in [-0.4, -0.2) is 56.0 Å². The number of benzene rings is 2. The van der Waals surface area contributed by atoms with Crippen LogP contribution >= 0.6 is 11.9 Å². The SMILES string of the molecule is COc1cc(N2CCOCC2)ccc1Nc1nc2c(c(Nc3ccccc3SNC3CCC3)n1)CCN2. The fourth-order valence-corrected chi connectivity index (χ4v) is 5.62. The largest absolute Gasteiger partial charge is 0.494 e. The van der Waals surface area contributed by atoms with E-state index in [1.165, 1.54) is 19.3 Å². The normalized spacial score (nSPS) is 17.1. The van der Waals surface area contributed by atoms with Crippen molar-refractivity contribution in [3.05, 3.63) is 48.0 Å². The van der Waals surface area contributed by atoms with E-state index in [0.717, 1.165) is 84.2 Å². The quantitative estimate of drug-likeness (QED) is 0.292. The number of hydrogen-bond acceptors (Lipinski definition) is 10. The smallest absolute Gasteiger partial charge is 0.231 e. The minimum atomic E-state index is 0.519. The van der Waals surface area contributed by atoms with Crippen molar-refractivity contribution in [1.29, 1.82) is 0 Å². The summed E-state index contributed by atoms with van der Waals surface area (Å²) in [6, 6.07) is 15.1. The fraction of sp³-hybridized carbons (Fsp3) is 0.407. The van der Waals surface area contributed by atoms with Crippen molar-refractivity contribution >= 4 is 46.6 Å². The molecule has 0 amide bonds. The van der Waals surface area contributed by atoms with Gasteiger partial charge in [-0.2, -0.15) is 9.97 Å². The van der Waals surface area contributed by atoms with Crippen molar-refractivity contribution in [3.63, 3.8) is 0 Å². The van der Waals surface area contributed by atoms with Crippen LogP contribution in [-0.2, 0) is 11.2 Å². The van der Waals surface area contributed by atoms with Crippen LogP contribution in [0.25, 0.3) is 0 Å². The minimum absolute atomic E-state index is 0.519. The summed E-state index contributed by atoms with van der Waals surface area (Å²) in [5.41, 5.74) is 4.08. The molecule has 0 radical (unpaired) electrons. The zero-order valence-electron chi connectivity index (χ0n) is 21.0. The van der Waals surface area contributed by atoms with Crippen LogP contribution in [0.5, 0.6) is 5.75 Å². The van der Waals surface area contributed by atoms with Gasteiger partial charge in [0.25, 0.3) is 0 Å². The molecule has 3 aliphatic rings. The van der Waals surface area contributed by atoms with Crippen LogP contribution in [0.15, 0.2) is 47.4 Å². The predicted molar refractivity (Wildman–Crippen MR) is 150 cm³/mol. The summed E-state index contributed by atoms with van der Waals surface area (Å²) in [4.78, 5) is 13.1. The lowest BCUT2D eigenvalue weighted by Crippen LogP contribution is -2.36. The van der Waals surface area contributed by atoms with Crippen molar-refractivity contribution in [1.82, 2.24) is 14.7 Å². The first-order valence-electron chi connectivity index (χ1n) is 13.0. The molecule has 4 N–H and O–H groups in total. The van der Waals surface area contributed by atoms with Crippen molar-refractivity contribution < 1.29 is 9.47 Å². The molecule has 3 heterocycles. The number of anilines is 6. The average Bonchev–Trinajstić information content (AvgIpc) is 3.38. The summed E-state index contributed by atoms with van der Waals surface area (Å²) in [5.74, 6) is 2.95. The predicted octanol–water partition coefficient (Wildman–Crippen LogP) is 4.93. The van der Waals surface area contributed by atoms with Crippen LogP contribution in [0.1, 0.15) is 24.8 Å². The fourth-order valence-electron chi connectivity index (χ4n) is 4.71. The van der Waals surface area contributed by atoms with E-state index in [4.69, 9.17) is 19.4 Å². The zero-order chi connectivity index (χ0) is 25.0. The van der Waals surface area contributed by atoms with E-state index in [1.807, 2.05) is 6.07 Å². The molecule has 2 fully saturated rings. The lowest BCUT2D eigenvalue weighted by Gasteiger charge is -2.29. The number of rotatable bonds is 9. The second-order valence-corrected chi connectivity index (χ2v) is 10.4. The van der Waals surface area contributed by atoms with Gasteiger partial charge in [-0.1, -0.05) is 18.6 Å². The molecule has 37 heavy (non-hydrogen) atoms. The maximum atomic E-state index is 5.73. The van der Waals surface area contributed by atoms with Gasteiger partial charge >= 0.3 is 0 Å². The van der Waals surface area contributed by atoms with Crippen LogP contribution in [0, 0.1) is 0 Å². The summed E-state index contributed by atoms with van der Waals surface area (Å²) < 4.78 is 14.8. The summed E-state index contributed by atoms with van der Waals surface area (Å²) in [5, 5.41) is 10.4. The van der Waals surface area contributed by atoms with Gasteiger partial charge in [0.05, 0.1) is 31.7 Å². The van der Waals surface area contributed by atoms with Gasteiger partial charge in [-0.15, -0.1) is 0 Å². The Hall–Kier alpha value is -3.21. The molecule has 194 valence electrons. The van der Waals surface area contributed by atoms with Crippen molar-refractivity contribution in [2.45, 2.75) is 36.6 Å². The third-order valence-corrected chi connectivity index (χ3v) is 8.09. The first-order chi connectivity index (χ1) is 18.3. The summed E-state index contributed by atoms with van der Waals surface area (Å²) in [7, 11) is 1.69. The highest BCUT2D eigenvalue weighted by atomic mass is 32.2. The summed E-state index contributed by atoms with van der Waals surface area (Å²) in [6.45, 7) is 4.08. The first-order valence-corrected chi connectivity index (χ1v) is 13.8. The minimum Gasteiger partial charge on any atom is -0.494 e. The van der Waals surface area contributed by atoms with Gasteiger partial charge in [-0.05, 0) is 55.5 Å². The lowest BCUT2D eigenvalue weighted by atomic mass is 9.94. The van der Waals surface area contributed by atoms with Crippen LogP contribution < -0.4 is 30.3 Å². The van der Waals surface area contributed by atoms with E-state index in [1.54, 1.807) is 19.1 Å². The molecule has 0 spiro atoms. The Morgan fingerprint density at radius 2 is 1.92 bits per heavy atom. The maximum absolute atomic E-state index is 5.73. The van der Waals surface area contributed by atoms with E-state index in [0.29, 0.717) is 12.0 Å². The standard InChI is InChI=1S/C27H33N7O2S/c1-35-23-17-19(34-13-15-36-16-14-34)9-10-21(23)30-27-31-25-20(11-12-28-25)26(32-27)29-22-7-2-3-8-24(22)37-33-18-5-4-6-18/h2-3,7-10,17-18,33H,4-6,11-16H2,1H3,(H3,28,29,30,31,32). The zero-order valence-corrected chi connectivity index (χ0v) is 21.9. The number of aromatic nitrogens is 2. The Morgan fingerprint density at radius 1 is 1.05 bits per heavy atom. The number of nitrogens with zero attached hydrogens (tertiary/aromatic N) is 3. The number of nitrogens with one attached hydrogen (secondary N) is 4. The van der Waals surface area contributed by atoms with Crippen LogP contribution in [0.2, 0.25) is 0 Å². The highest BCUT2D eigenvalue weighted by Gasteiger charge is 2.22. The molecule has 0 atom stereocenters. The Bertz CT molecular complexity index is 1250. The molecular formula is C27H33N7O2S. The molecule has 1 aliphatic carbocycles. The Balaban J connectivity index is 1.24. The van der Waals surface area contributed by atoms with E-state index in [2.05, 4.69) is 62.0 Å². The molecule has 1 saturated heterocycles. The number of ether oxygens (including phenoxy) is 2.